The van der Waals surface area contributed by atoms with Gasteiger partial charge in [-0.1, -0.05) is 24.3 Å². The Morgan fingerprint density at radius 2 is 1.77 bits per heavy atom. The number of nitro groups is 1. The normalized spacial score (nSPS) is 14.9. The fourth-order valence-electron chi connectivity index (χ4n) is 3.32. The van der Waals surface area contributed by atoms with Crippen molar-refractivity contribution in [2.45, 2.75) is 13.1 Å². The topological polar surface area (TPSA) is 66.7 Å². The van der Waals surface area contributed by atoms with E-state index in [0.29, 0.717) is 19.2 Å². The van der Waals surface area contributed by atoms with E-state index in [4.69, 9.17) is 0 Å². The molecule has 0 radical (unpaired) electrons. The van der Waals surface area contributed by atoms with E-state index < -0.39 is 22.4 Å². The number of carbonyl (C=O) groups is 1. The largest absolute Gasteiger partial charge is 0.416 e. The molecule has 1 amide bonds. The lowest BCUT2D eigenvalue weighted by Gasteiger charge is -2.35. The van der Waals surface area contributed by atoms with Gasteiger partial charge in [0.15, 0.2) is 0 Å². The van der Waals surface area contributed by atoms with Gasteiger partial charge in [-0.3, -0.25) is 14.9 Å². The zero-order chi connectivity index (χ0) is 21.9. The number of aryl methyl sites for hydroxylation is 1. The second-order valence-corrected chi connectivity index (χ2v) is 6.96. The monoisotopic (exact) mass is 419 g/mol. The van der Waals surface area contributed by atoms with Crippen molar-refractivity contribution in [1.82, 2.24) is 4.90 Å². The van der Waals surface area contributed by atoms with Crippen LogP contribution in [-0.2, 0) is 11.0 Å². The maximum absolute atomic E-state index is 12.9. The number of carbonyl (C=O) groups excluding carboxylic acids is 1. The third-order valence-corrected chi connectivity index (χ3v) is 5.03. The van der Waals surface area contributed by atoms with Crippen molar-refractivity contribution < 1.29 is 22.9 Å². The lowest BCUT2D eigenvalue weighted by atomic mass is 10.1. The Kier molecular flexibility index (Phi) is 6.09. The highest BCUT2D eigenvalue weighted by molar-refractivity contribution is 5.92. The van der Waals surface area contributed by atoms with Crippen molar-refractivity contribution in [3.63, 3.8) is 0 Å². The standard InChI is InChI=1S/C21H20F3N3O3/c1-15-4-2-3-5-16(15)6-9-20(28)26-12-10-25(11-13-26)18-8-7-17(21(22,23)24)14-19(18)27(29)30/h2-9,14H,10-13H2,1H3/b9-6+. The number of hydrogen-bond acceptors (Lipinski definition) is 4. The number of rotatable bonds is 4. The summed E-state index contributed by atoms with van der Waals surface area (Å²) < 4.78 is 38.6. The summed E-state index contributed by atoms with van der Waals surface area (Å²) in [6.45, 7) is 3.15. The van der Waals surface area contributed by atoms with Gasteiger partial charge in [0.1, 0.15) is 5.69 Å². The van der Waals surface area contributed by atoms with E-state index in [0.717, 1.165) is 23.3 Å². The zero-order valence-electron chi connectivity index (χ0n) is 16.2. The van der Waals surface area contributed by atoms with Crippen LogP contribution < -0.4 is 4.90 Å². The maximum atomic E-state index is 12.9. The minimum Gasteiger partial charge on any atom is -0.362 e. The number of nitro benzene ring substituents is 1. The molecule has 2 aromatic rings. The van der Waals surface area contributed by atoms with E-state index in [9.17, 15) is 28.1 Å². The summed E-state index contributed by atoms with van der Waals surface area (Å²) >= 11 is 0. The number of piperazine rings is 1. The van der Waals surface area contributed by atoms with Gasteiger partial charge in [-0.05, 0) is 36.3 Å². The van der Waals surface area contributed by atoms with Crippen LogP contribution >= 0.6 is 0 Å². The summed E-state index contributed by atoms with van der Waals surface area (Å²) in [7, 11) is 0. The van der Waals surface area contributed by atoms with Crippen LogP contribution in [0.1, 0.15) is 16.7 Å². The molecule has 0 saturated carbocycles. The molecule has 0 bridgehead atoms. The highest BCUT2D eigenvalue weighted by Crippen LogP contribution is 2.36. The van der Waals surface area contributed by atoms with Gasteiger partial charge in [-0.15, -0.1) is 0 Å². The average Bonchev–Trinajstić information content (AvgIpc) is 2.72. The van der Waals surface area contributed by atoms with E-state index >= 15 is 0 Å². The van der Waals surface area contributed by atoms with Crippen molar-refractivity contribution in [1.29, 1.82) is 0 Å². The van der Waals surface area contributed by atoms with Crippen LogP contribution in [-0.4, -0.2) is 41.9 Å². The first kappa shape index (κ1) is 21.4. The summed E-state index contributed by atoms with van der Waals surface area (Å²) in [5.74, 6) is -0.181. The molecule has 1 heterocycles. The fraction of sp³-hybridized carbons (Fsp3) is 0.286. The van der Waals surface area contributed by atoms with Crippen LogP contribution in [0.3, 0.4) is 0 Å². The average molecular weight is 419 g/mol. The van der Waals surface area contributed by atoms with Gasteiger partial charge in [-0.25, -0.2) is 0 Å². The first-order valence-electron chi connectivity index (χ1n) is 9.30. The summed E-state index contributed by atoms with van der Waals surface area (Å²) in [4.78, 5) is 26.2. The Labute approximate surface area is 171 Å². The quantitative estimate of drug-likeness (QED) is 0.421. The molecule has 158 valence electrons. The molecule has 3 rings (SSSR count). The van der Waals surface area contributed by atoms with Crippen molar-refractivity contribution in [3.8, 4) is 0 Å². The highest BCUT2D eigenvalue weighted by atomic mass is 19.4. The molecule has 0 atom stereocenters. The summed E-state index contributed by atoms with van der Waals surface area (Å²) in [6, 6.07) is 10.2. The van der Waals surface area contributed by atoms with Crippen LogP contribution in [0.2, 0.25) is 0 Å². The molecular weight excluding hydrogens is 399 g/mol. The number of hydrogen-bond donors (Lipinski definition) is 0. The minimum atomic E-state index is -4.65. The Balaban J connectivity index is 1.69. The Morgan fingerprint density at radius 1 is 1.10 bits per heavy atom. The maximum Gasteiger partial charge on any atom is 0.416 e. The molecule has 1 aliphatic heterocycles. The molecule has 2 aromatic carbocycles. The minimum absolute atomic E-state index is 0.121. The van der Waals surface area contributed by atoms with Crippen molar-refractivity contribution in [3.05, 3.63) is 75.3 Å². The molecule has 9 heteroatoms. The number of nitrogens with zero attached hydrogens (tertiary/aromatic N) is 3. The SMILES string of the molecule is Cc1ccccc1/C=C/C(=O)N1CCN(c2ccc(C(F)(F)F)cc2[N+](=O)[O-])CC1. The van der Waals surface area contributed by atoms with Gasteiger partial charge in [0.25, 0.3) is 5.69 Å². The molecular formula is C21H20F3N3O3. The van der Waals surface area contributed by atoms with E-state index in [1.165, 1.54) is 6.08 Å². The van der Waals surface area contributed by atoms with Gasteiger partial charge in [0.2, 0.25) is 5.91 Å². The Bertz CT molecular complexity index is 981. The second kappa shape index (κ2) is 8.56. The van der Waals surface area contributed by atoms with E-state index in [1.54, 1.807) is 15.9 Å². The van der Waals surface area contributed by atoms with Crippen molar-refractivity contribution in [2.24, 2.45) is 0 Å². The predicted molar refractivity (Wildman–Crippen MR) is 107 cm³/mol. The van der Waals surface area contributed by atoms with Crippen molar-refractivity contribution in [2.75, 3.05) is 31.1 Å². The Hall–Kier alpha value is -3.36. The first-order valence-corrected chi connectivity index (χ1v) is 9.30. The Morgan fingerprint density at radius 3 is 2.37 bits per heavy atom. The van der Waals surface area contributed by atoms with E-state index in [-0.39, 0.29) is 24.7 Å². The molecule has 0 aliphatic carbocycles. The van der Waals surface area contributed by atoms with E-state index in [2.05, 4.69) is 0 Å². The van der Waals surface area contributed by atoms with Crippen molar-refractivity contribution >= 4 is 23.4 Å². The number of benzene rings is 2. The molecule has 1 aliphatic rings. The molecule has 30 heavy (non-hydrogen) atoms. The lowest BCUT2D eigenvalue weighted by molar-refractivity contribution is -0.384. The van der Waals surface area contributed by atoms with Gasteiger partial charge >= 0.3 is 6.18 Å². The summed E-state index contributed by atoms with van der Waals surface area (Å²) in [6.07, 6.45) is -1.43. The summed E-state index contributed by atoms with van der Waals surface area (Å²) in [5, 5.41) is 11.3. The van der Waals surface area contributed by atoms with Crippen LogP contribution in [0.4, 0.5) is 24.5 Å². The molecule has 0 unspecified atom stereocenters. The molecule has 1 fully saturated rings. The first-order chi connectivity index (χ1) is 14.2. The van der Waals surface area contributed by atoms with Crippen LogP contribution in [0, 0.1) is 17.0 Å². The third kappa shape index (κ3) is 4.79. The van der Waals surface area contributed by atoms with E-state index in [1.807, 2.05) is 31.2 Å². The van der Waals surface area contributed by atoms with Gasteiger partial charge in [0, 0.05) is 38.3 Å². The van der Waals surface area contributed by atoms with Crippen LogP contribution in [0.25, 0.3) is 6.08 Å². The zero-order valence-corrected chi connectivity index (χ0v) is 16.2. The fourth-order valence-corrected chi connectivity index (χ4v) is 3.32. The lowest BCUT2D eigenvalue weighted by Crippen LogP contribution is -2.48. The highest BCUT2D eigenvalue weighted by Gasteiger charge is 2.34. The second-order valence-electron chi connectivity index (χ2n) is 6.96. The molecule has 0 N–H and O–H groups in total. The summed E-state index contributed by atoms with van der Waals surface area (Å²) in [5.41, 5.74) is 0.443. The van der Waals surface area contributed by atoms with Gasteiger partial charge in [0.05, 0.1) is 10.5 Å². The third-order valence-electron chi connectivity index (χ3n) is 5.03. The molecule has 1 saturated heterocycles. The number of amides is 1. The smallest absolute Gasteiger partial charge is 0.362 e. The molecule has 6 nitrogen and oxygen atoms in total. The molecule has 0 aromatic heterocycles. The number of halogens is 3. The molecule has 0 spiro atoms. The number of anilines is 1. The number of alkyl halides is 3. The predicted octanol–water partition coefficient (Wildman–Crippen LogP) is 4.28. The van der Waals surface area contributed by atoms with Gasteiger partial charge < -0.3 is 9.80 Å². The van der Waals surface area contributed by atoms with Gasteiger partial charge in [-0.2, -0.15) is 13.2 Å². The van der Waals surface area contributed by atoms with Crippen LogP contribution in [0.15, 0.2) is 48.5 Å². The van der Waals surface area contributed by atoms with Crippen LogP contribution in [0.5, 0.6) is 0 Å².